The van der Waals surface area contributed by atoms with Crippen LogP contribution < -0.4 is 5.32 Å². The largest absolute Gasteiger partial charge is 0.308 e. The molecule has 0 amide bonds. The molecule has 4 heteroatoms. The van der Waals surface area contributed by atoms with Crippen molar-refractivity contribution in [2.75, 3.05) is 6.54 Å². The summed E-state index contributed by atoms with van der Waals surface area (Å²) >= 11 is 3.49. The van der Waals surface area contributed by atoms with Gasteiger partial charge in [0.05, 0.1) is 16.7 Å². The summed E-state index contributed by atoms with van der Waals surface area (Å²) in [4.78, 5) is 4.60. The van der Waals surface area contributed by atoms with E-state index in [2.05, 4.69) is 46.4 Å². The van der Waals surface area contributed by atoms with Crippen molar-refractivity contribution in [3.8, 4) is 0 Å². The molecule has 2 nitrogen and oxygen atoms in total. The van der Waals surface area contributed by atoms with E-state index in [0.717, 1.165) is 24.4 Å². The molecule has 0 radical (unpaired) electrons. The molecule has 17 heavy (non-hydrogen) atoms. The first-order valence-electron chi connectivity index (χ1n) is 5.96. The number of aryl methyl sites for hydroxylation is 1. The zero-order chi connectivity index (χ0) is 12.1. The molecule has 2 rings (SSSR count). The fourth-order valence-corrected chi connectivity index (χ4v) is 3.13. The van der Waals surface area contributed by atoms with Crippen molar-refractivity contribution in [1.82, 2.24) is 10.3 Å². The predicted molar refractivity (Wildman–Crippen MR) is 75.9 cm³/mol. The molecule has 1 unspecified atom stereocenters. The lowest BCUT2D eigenvalue weighted by Crippen LogP contribution is -2.24. The van der Waals surface area contributed by atoms with E-state index < -0.39 is 0 Å². The van der Waals surface area contributed by atoms with Crippen molar-refractivity contribution in [1.29, 1.82) is 0 Å². The Morgan fingerprint density at radius 2 is 2.29 bits per heavy atom. The maximum atomic E-state index is 4.60. The lowest BCUT2D eigenvalue weighted by molar-refractivity contribution is 0.520. The van der Waals surface area contributed by atoms with Crippen molar-refractivity contribution in [2.45, 2.75) is 32.7 Å². The highest BCUT2D eigenvalue weighted by molar-refractivity contribution is 7.09. The number of thiophene rings is 1. The van der Waals surface area contributed by atoms with Crippen LogP contribution in [0.25, 0.3) is 0 Å². The highest BCUT2D eigenvalue weighted by Gasteiger charge is 2.14. The van der Waals surface area contributed by atoms with Gasteiger partial charge in [-0.05, 0) is 48.7 Å². The molecular weight excluding hydrogens is 248 g/mol. The smallest absolute Gasteiger partial charge is 0.0898 e. The van der Waals surface area contributed by atoms with Crippen LogP contribution in [0.3, 0.4) is 0 Å². The summed E-state index contributed by atoms with van der Waals surface area (Å²) in [5.74, 6) is 0. The molecule has 1 N–H and O–H groups in total. The lowest BCUT2D eigenvalue weighted by Gasteiger charge is -2.15. The van der Waals surface area contributed by atoms with E-state index in [0.29, 0.717) is 6.04 Å². The second-order valence-corrected chi connectivity index (χ2v) is 5.98. The summed E-state index contributed by atoms with van der Waals surface area (Å²) in [5.41, 5.74) is 2.58. The molecule has 0 bridgehead atoms. The van der Waals surface area contributed by atoms with Gasteiger partial charge in [-0.1, -0.05) is 6.92 Å². The Morgan fingerprint density at radius 1 is 1.41 bits per heavy atom. The summed E-state index contributed by atoms with van der Waals surface area (Å²) in [6, 6.07) is 2.55. The fourth-order valence-electron chi connectivity index (χ4n) is 1.78. The van der Waals surface area contributed by atoms with Gasteiger partial charge in [0, 0.05) is 5.38 Å². The molecule has 0 aliphatic heterocycles. The second kappa shape index (κ2) is 6.28. The number of thiazole rings is 1. The van der Waals surface area contributed by atoms with Gasteiger partial charge < -0.3 is 5.32 Å². The van der Waals surface area contributed by atoms with Crippen LogP contribution in [-0.2, 0) is 6.42 Å². The minimum atomic E-state index is 0.356. The lowest BCUT2D eigenvalue weighted by atomic mass is 10.1. The van der Waals surface area contributed by atoms with Gasteiger partial charge in [0.25, 0.3) is 0 Å². The van der Waals surface area contributed by atoms with E-state index in [4.69, 9.17) is 0 Å². The van der Waals surface area contributed by atoms with Crippen LogP contribution in [0.15, 0.2) is 22.2 Å². The molecule has 1 atom stereocenters. The molecular formula is C13H18N2S2. The Kier molecular flexibility index (Phi) is 4.71. The summed E-state index contributed by atoms with van der Waals surface area (Å²) in [6.07, 6.45) is 2.19. The predicted octanol–water partition coefficient (Wildman–Crippen LogP) is 3.80. The summed E-state index contributed by atoms with van der Waals surface area (Å²) in [7, 11) is 0. The second-order valence-electron chi connectivity index (χ2n) is 4.13. The number of nitrogens with one attached hydrogen (secondary N) is 1. The highest BCUT2D eigenvalue weighted by Crippen LogP contribution is 2.21. The van der Waals surface area contributed by atoms with Gasteiger partial charge in [-0.25, -0.2) is 4.98 Å². The molecule has 0 aromatic carbocycles. The minimum absolute atomic E-state index is 0.356. The van der Waals surface area contributed by atoms with Gasteiger partial charge in [0.2, 0.25) is 0 Å². The Morgan fingerprint density at radius 3 is 2.88 bits per heavy atom. The number of nitrogens with zero attached hydrogens (tertiary/aromatic N) is 1. The number of hydrogen-bond donors (Lipinski definition) is 1. The monoisotopic (exact) mass is 266 g/mol. The Labute approximate surface area is 111 Å². The Hall–Kier alpha value is -0.710. The van der Waals surface area contributed by atoms with Crippen LogP contribution in [0.1, 0.15) is 35.7 Å². The van der Waals surface area contributed by atoms with E-state index >= 15 is 0 Å². The van der Waals surface area contributed by atoms with E-state index in [9.17, 15) is 0 Å². The topological polar surface area (TPSA) is 24.9 Å². The average molecular weight is 266 g/mol. The number of aromatic nitrogens is 1. The first kappa shape index (κ1) is 12.7. The van der Waals surface area contributed by atoms with Crippen molar-refractivity contribution in [3.63, 3.8) is 0 Å². The first-order valence-corrected chi connectivity index (χ1v) is 7.78. The Balaban J connectivity index is 2.07. The molecule has 0 aliphatic rings. The maximum absolute atomic E-state index is 4.60. The fraction of sp³-hybridized carbons (Fsp3) is 0.462. The standard InChI is InChI=1S/C13H18N2S2/c1-3-5-14-12(7-11-4-6-16-8-11)13-9-17-10(2)15-13/h4,6,8-9,12,14H,3,5,7H2,1-2H3. The van der Waals surface area contributed by atoms with Gasteiger partial charge in [0.1, 0.15) is 0 Å². The third kappa shape index (κ3) is 3.63. The normalized spacial score (nSPS) is 12.8. The molecule has 92 valence electrons. The van der Waals surface area contributed by atoms with Crippen molar-refractivity contribution in [2.24, 2.45) is 0 Å². The van der Waals surface area contributed by atoms with Crippen LogP contribution in [0.4, 0.5) is 0 Å². The van der Waals surface area contributed by atoms with Gasteiger partial charge >= 0.3 is 0 Å². The molecule has 2 aromatic rings. The van der Waals surface area contributed by atoms with E-state index in [1.807, 2.05) is 0 Å². The van der Waals surface area contributed by atoms with Crippen LogP contribution in [0.5, 0.6) is 0 Å². The van der Waals surface area contributed by atoms with Gasteiger partial charge in [-0.15, -0.1) is 11.3 Å². The highest BCUT2D eigenvalue weighted by atomic mass is 32.1. The summed E-state index contributed by atoms with van der Waals surface area (Å²) < 4.78 is 0. The molecule has 0 saturated heterocycles. The Bertz CT molecular complexity index is 434. The van der Waals surface area contributed by atoms with Gasteiger partial charge in [-0.2, -0.15) is 11.3 Å². The molecule has 0 fully saturated rings. The zero-order valence-electron chi connectivity index (χ0n) is 10.3. The molecule has 0 aliphatic carbocycles. The minimum Gasteiger partial charge on any atom is -0.308 e. The van der Waals surface area contributed by atoms with Gasteiger partial charge in [0.15, 0.2) is 0 Å². The van der Waals surface area contributed by atoms with E-state index in [-0.39, 0.29) is 0 Å². The molecule has 2 aromatic heterocycles. The molecule has 2 heterocycles. The van der Waals surface area contributed by atoms with E-state index in [1.54, 1.807) is 22.7 Å². The maximum Gasteiger partial charge on any atom is 0.0898 e. The first-order chi connectivity index (χ1) is 8.29. The number of hydrogen-bond acceptors (Lipinski definition) is 4. The summed E-state index contributed by atoms with van der Waals surface area (Å²) in [6.45, 7) is 5.31. The summed E-state index contributed by atoms with van der Waals surface area (Å²) in [5, 5.41) is 11.3. The average Bonchev–Trinajstić information content (AvgIpc) is 2.95. The van der Waals surface area contributed by atoms with Crippen molar-refractivity contribution < 1.29 is 0 Å². The van der Waals surface area contributed by atoms with E-state index in [1.165, 1.54) is 11.3 Å². The van der Waals surface area contributed by atoms with Crippen molar-refractivity contribution in [3.05, 3.63) is 38.5 Å². The zero-order valence-corrected chi connectivity index (χ0v) is 11.9. The quantitative estimate of drug-likeness (QED) is 0.860. The van der Waals surface area contributed by atoms with Crippen LogP contribution >= 0.6 is 22.7 Å². The third-order valence-corrected chi connectivity index (χ3v) is 4.18. The van der Waals surface area contributed by atoms with Crippen LogP contribution in [0, 0.1) is 6.92 Å². The number of rotatable bonds is 6. The van der Waals surface area contributed by atoms with Gasteiger partial charge in [-0.3, -0.25) is 0 Å². The SMILES string of the molecule is CCCNC(Cc1ccsc1)c1csc(C)n1. The van der Waals surface area contributed by atoms with Crippen LogP contribution in [-0.4, -0.2) is 11.5 Å². The molecule has 0 saturated carbocycles. The molecule has 0 spiro atoms. The van der Waals surface area contributed by atoms with Crippen molar-refractivity contribution >= 4 is 22.7 Å². The third-order valence-electron chi connectivity index (χ3n) is 2.65. The van der Waals surface area contributed by atoms with Crippen LogP contribution in [0.2, 0.25) is 0 Å².